The van der Waals surface area contributed by atoms with Gasteiger partial charge in [-0.25, -0.2) is 14.8 Å². The van der Waals surface area contributed by atoms with Gasteiger partial charge in [0, 0.05) is 12.7 Å². The summed E-state index contributed by atoms with van der Waals surface area (Å²) in [5.41, 5.74) is 2.95. The van der Waals surface area contributed by atoms with Gasteiger partial charge in [-0.2, -0.15) is 0 Å². The molecule has 1 aliphatic heterocycles. The number of fused-ring (bicyclic) bond motifs is 1. The fourth-order valence-corrected chi connectivity index (χ4v) is 3.02. The molecule has 24 heavy (non-hydrogen) atoms. The minimum Gasteiger partial charge on any atom is -0.331 e. The van der Waals surface area contributed by atoms with Crippen LogP contribution in [0.15, 0.2) is 24.4 Å². The molecule has 0 spiro atoms. The average molecular weight is 365 g/mol. The van der Waals surface area contributed by atoms with Crippen LogP contribution >= 0.6 is 23.2 Å². The number of hydrogen-bond donors (Lipinski definition) is 1. The van der Waals surface area contributed by atoms with Gasteiger partial charge in [0.1, 0.15) is 5.82 Å². The first-order chi connectivity index (χ1) is 11.4. The summed E-state index contributed by atoms with van der Waals surface area (Å²) >= 11 is 12.0. The molecule has 1 aromatic carbocycles. The van der Waals surface area contributed by atoms with Crippen molar-refractivity contribution < 1.29 is 4.79 Å². The highest BCUT2D eigenvalue weighted by Crippen LogP contribution is 2.26. The quantitative estimate of drug-likeness (QED) is 0.878. The highest BCUT2D eigenvalue weighted by molar-refractivity contribution is 6.42. The Morgan fingerprint density at radius 1 is 1.33 bits per heavy atom. The molecular weight excluding hydrogens is 347 g/mol. The molecule has 126 valence electrons. The zero-order chi connectivity index (χ0) is 17.3. The number of nitrogens with zero attached hydrogens (tertiary/aromatic N) is 3. The topological polar surface area (TPSA) is 58.1 Å². The minimum atomic E-state index is -0.166. The predicted octanol–water partition coefficient (Wildman–Crippen LogP) is 3.92. The van der Waals surface area contributed by atoms with Crippen molar-refractivity contribution in [2.45, 2.75) is 32.9 Å². The summed E-state index contributed by atoms with van der Waals surface area (Å²) in [5.74, 6) is 0.722. The molecule has 5 nitrogen and oxygen atoms in total. The Bertz CT molecular complexity index is 781. The molecule has 2 amide bonds. The molecule has 0 bridgehead atoms. The summed E-state index contributed by atoms with van der Waals surface area (Å²) in [6.45, 7) is 4.92. The van der Waals surface area contributed by atoms with E-state index in [4.69, 9.17) is 23.2 Å². The van der Waals surface area contributed by atoms with Crippen molar-refractivity contribution in [3.05, 3.63) is 57.1 Å². The normalized spacial score (nSPS) is 14.9. The van der Waals surface area contributed by atoms with E-state index >= 15 is 0 Å². The molecule has 3 rings (SSSR count). The van der Waals surface area contributed by atoms with Crippen LogP contribution in [0.5, 0.6) is 0 Å². The number of carbonyl (C=O) groups is 1. The van der Waals surface area contributed by atoms with Crippen molar-refractivity contribution >= 4 is 29.2 Å². The smallest absolute Gasteiger partial charge is 0.318 e. The average Bonchev–Trinajstić information content (AvgIpc) is 2.56. The van der Waals surface area contributed by atoms with Gasteiger partial charge in [0.05, 0.1) is 28.3 Å². The van der Waals surface area contributed by atoms with Crippen LogP contribution in [0.25, 0.3) is 0 Å². The number of amides is 2. The SMILES string of the molecule is Cc1ncc2c(n1)CN(C(=O)N[C@H](C)c1ccc(Cl)c(Cl)c1)CC2. The van der Waals surface area contributed by atoms with Crippen molar-refractivity contribution in [2.24, 2.45) is 0 Å². The second kappa shape index (κ2) is 6.95. The summed E-state index contributed by atoms with van der Waals surface area (Å²) in [6.07, 6.45) is 2.62. The second-order valence-electron chi connectivity index (χ2n) is 5.91. The lowest BCUT2D eigenvalue weighted by Gasteiger charge is -2.29. The lowest BCUT2D eigenvalue weighted by Crippen LogP contribution is -2.43. The van der Waals surface area contributed by atoms with Gasteiger partial charge in [-0.15, -0.1) is 0 Å². The molecule has 0 saturated heterocycles. The molecule has 0 saturated carbocycles. The Morgan fingerprint density at radius 2 is 2.12 bits per heavy atom. The molecule has 1 aliphatic rings. The van der Waals surface area contributed by atoms with Crippen LogP contribution in [0.3, 0.4) is 0 Å². The maximum atomic E-state index is 12.5. The van der Waals surface area contributed by atoms with Gasteiger partial charge in [0.2, 0.25) is 0 Å². The molecule has 2 aromatic rings. The van der Waals surface area contributed by atoms with E-state index in [2.05, 4.69) is 15.3 Å². The molecule has 0 radical (unpaired) electrons. The molecule has 7 heteroatoms. The van der Waals surface area contributed by atoms with Crippen molar-refractivity contribution in [2.75, 3.05) is 6.54 Å². The number of aryl methyl sites for hydroxylation is 1. The van der Waals surface area contributed by atoms with E-state index in [-0.39, 0.29) is 12.1 Å². The van der Waals surface area contributed by atoms with E-state index in [1.807, 2.05) is 26.1 Å². The molecule has 1 atom stereocenters. The van der Waals surface area contributed by atoms with Crippen LogP contribution in [0.2, 0.25) is 10.0 Å². The standard InChI is InChI=1S/C17H18Cl2N4O/c1-10(12-3-4-14(18)15(19)7-12)21-17(24)23-6-5-13-8-20-11(2)22-16(13)9-23/h3-4,7-8,10H,5-6,9H2,1-2H3,(H,21,24)/t10-/m1/s1. The fraction of sp³-hybridized carbons (Fsp3) is 0.353. The van der Waals surface area contributed by atoms with Gasteiger partial charge in [-0.05, 0) is 43.5 Å². The number of halogens is 2. The van der Waals surface area contributed by atoms with Gasteiger partial charge in [0.15, 0.2) is 0 Å². The van der Waals surface area contributed by atoms with E-state index < -0.39 is 0 Å². The number of nitrogens with one attached hydrogen (secondary N) is 1. The maximum Gasteiger partial charge on any atom is 0.318 e. The third kappa shape index (κ3) is 3.62. The van der Waals surface area contributed by atoms with Crippen molar-refractivity contribution in [3.63, 3.8) is 0 Å². The lowest BCUT2D eigenvalue weighted by molar-refractivity contribution is 0.188. The van der Waals surface area contributed by atoms with E-state index in [1.165, 1.54) is 0 Å². The maximum absolute atomic E-state index is 12.5. The first-order valence-corrected chi connectivity index (χ1v) is 8.51. The van der Waals surface area contributed by atoms with E-state index in [0.29, 0.717) is 23.1 Å². The van der Waals surface area contributed by atoms with Crippen molar-refractivity contribution in [1.29, 1.82) is 0 Å². The van der Waals surface area contributed by atoms with Gasteiger partial charge in [-0.3, -0.25) is 0 Å². The Morgan fingerprint density at radius 3 is 2.88 bits per heavy atom. The molecular formula is C17H18Cl2N4O. The summed E-state index contributed by atoms with van der Waals surface area (Å²) in [6, 6.07) is 5.09. The zero-order valence-electron chi connectivity index (χ0n) is 13.5. The number of hydrogen-bond acceptors (Lipinski definition) is 3. The summed E-state index contributed by atoms with van der Waals surface area (Å²) in [5, 5.41) is 3.98. The molecule has 1 N–H and O–H groups in total. The van der Waals surface area contributed by atoms with Crippen LogP contribution < -0.4 is 5.32 Å². The van der Waals surface area contributed by atoms with Crippen LogP contribution in [0.1, 0.15) is 35.6 Å². The van der Waals surface area contributed by atoms with E-state index in [9.17, 15) is 4.79 Å². The lowest BCUT2D eigenvalue weighted by atomic mass is 10.1. The Labute approximate surface area is 151 Å². The third-order valence-electron chi connectivity index (χ3n) is 4.14. The van der Waals surface area contributed by atoms with Crippen molar-refractivity contribution in [1.82, 2.24) is 20.2 Å². The number of urea groups is 1. The molecule has 2 heterocycles. The number of benzene rings is 1. The van der Waals surface area contributed by atoms with Crippen molar-refractivity contribution in [3.8, 4) is 0 Å². The second-order valence-corrected chi connectivity index (χ2v) is 6.72. The molecule has 0 unspecified atom stereocenters. The number of aromatic nitrogens is 2. The van der Waals surface area contributed by atoms with Gasteiger partial charge >= 0.3 is 6.03 Å². The fourth-order valence-electron chi connectivity index (χ4n) is 2.72. The zero-order valence-corrected chi connectivity index (χ0v) is 15.0. The number of carbonyl (C=O) groups excluding carboxylic acids is 1. The Kier molecular flexibility index (Phi) is 4.92. The first kappa shape index (κ1) is 17.0. The predicted molar refractivity (Wildman–Crippen MR) is 94.3 cm³/mol. The van der Waals surface area contributed by atoms with Gasteiger partial charge in [-0.1, -0.05) is 29.3 Å². The van der Waals surface area contributed by atoms with Crippen LogP contribution in [-0.2, 0) is 13.0 Å². The van der Waals surface area contributed by atoms with Gasteiger partial charge in [0.25, 0.3) is 0 Å². The molecule has 0 fully saturated rings. The summed E-state index contributed by atoms with van der Waals surface area (Å²) in [4.78, 5) is 23.0. The Hall–Kier alpha value is -1.85. The van der Waals surface area contributed by atoms with E-state index in [0.717, 1.165) is 29.1 Å². The monoisotopic (exact) mass is 364 g/mol. The van der Waals surface area contributed by atoms with E-state index in [1.54, 1.807) is 17.0 Å². The largest absolute Gasteiger partial charge is 0.331 e. The van der Waals surface area contributed by atoms with Crippen LogP contribution in [-0.4, -0.2) is 27.4 Å². The molecule has 1 aromatic heterocycles. The summed E-state index contributed by atoms with van der Waals surface area (Å²) in [7, 11) is 0. The van der Waals surface area contributed by atoms with Gasteiger partial charge < -0.3 is 10.2 Å². The van der Waals surface area contributed by atoms with Crippen LogP contribution in [0.4, 0.5) is 4.79 Å². The molecule has 0 aliphatic carbocycles. The number of rotatable bonds is 2. The highest BCUT2D eigenvalue weighted by Gasteiger charge is 2.23. The van der Waals surface area contributed by atoms with Crippen LogP contribution in [0, 0.1) is 6.92 Å². The minimum absolute atomic E-state index is 0.115. The summed E-state index contributed by atoms with van der Waals surface area (Å²) < 4.78 is 0. The first-order valence-electron chi connectivity index (χ1n) is 7.76. The highest BCUT2D eigenvalue weighted by atomic mass is 35.5. The Balaban J connectivity index is 1.68. The third-order valence-corrected chi connectivity index (χ3v) is 4.88.